The SMILES string of the molecule is Cc1ccc(B2O[C@H](C)CC(C)(C)O2)cc1. The number of hydrogen-bond donors (Lipinski definition) is 0. The first kappa shape index (κ1) is 11.7. The van der Waals surface area contributed by atoms with Gasteiger partial charge in [0, 0.05) is 6.10 Å². The lowest BCUT2D eigenvalue weighted by Crippen LogP contribution is -2.51. The van der Waals surface area contributed by atoms with Crippen LogP contribution in [0.4, 0.5) is 0 Å². The zero-order chi connectivity index (χ0) is 11.8. The molecule has 2 rings (SSSR count). The molecular formula is C13H19BO2. The van der Waals surface area contributed by atoms with Gasteiger partial charge in [-0.25, -0.2) is 0 Å². The molecule has 1 aromatic carbocycles. The van der Waals surface area contributed by atoms with E-state index < -0.39 is 0 Å². The van der Waals surface area contributed by atoms with Crippen LogP contribution in [-0.4, -0.2) is 18.8 Å². The summed E-state index contributed by atoms with van der Waals surface area (Å²) in [7, 11) is -0.223. The van der Waals surface area contributed by atoms with Crippen LogP contribution in [0, 0.1) is 6.92 Å². The van der Waals surface area contributed by atoms with E-state index in [1.807, 2.05) is 0 Å². The Morgan fingerprint density at radius 3 is 2.44 bits per heavy atom. The van der Waals surface area contributed by atoms with Crippen molar-refractivity contribution in [3.05, 3.63) is 29.8 Å². The zero-order valence-electron chi connectivity index (χ0n) is 10.5. The average Bonchev–Trinajstić information content (AvgIpc) is 2.15. The van der Waals surface area contributed by atoms with Crippen LogP contribution in [-0.2, 0) is 9.31 Å². The van der Waals surface area contributed by atoms with Crippen LogP contribution in [0.3, 0.4) is 0 Å². The molecular weight excluding hydrogens is 199 g/mol. The minimum absolute atomic E-state index is 0.104. The molecule has 3 heteroatoms. The van der Waals surface area contributed by atoms with Crippen LogP contribution >= 0.6 is 0 Å². The summed E-state index contributed by atoms with van der Waals surface area (Å²) in [5, 5.41) is 0. The van der Waals surface area contributed by atoms with E-state index in [-0.39, 0.29) is 18.8 Å². The second kappa shape index (κ2) is 4.23. The fourth-order valence-corrected chi connectivity index (χ4v) is 2.19. The third kappa shape index (κ3) is 2.66. The molecule has 0 N–H and O–H groups in total. The molecule has 0 bridgehead atoms. The van der Waals surface area contributed by atoms with Crippen molar-refractivity contribution in [2.24, 2.45) is 0 Å². The number of benzene rings is 1. The smallest absolute Gasteiger partial charge is 0.405 e. The van der Waals surface area contributed by atoms with Crippen molar-refractivity contribution < 1.29 is 9.31 Å². The standard InChI is InChI=1S/C13H19BO2/c1-10-5-7-12(8-6-10)14-15-11(2)9-13(3,4)16-14/h5-8,11H,9H2,1-4H3/t11-/m1/s1. The van der Waals surface area contributed by atoms with Gasteiger partial charge in [0.25, 0.3) is 0 Å². The maximum atomic E-state index is 5.95. The highest BCUT2D eigenvalue weighted by Crippen LogP contribution is 2.25. The lowest BCUT2D eigenvalue weighted by Gasteiger charge is -2.38. The Morgan fingerprint density at radius 2 is 1.88 bits per heavy atom. The maximum Gasteiger partial charge on any atom is 0.494 e. The summed E-state index contributed by atoms with van der Waals surface area (Å²) in [4.78, 5) is 0. The summed E-state index contributed by atoms with van der Waals surface area (Å²) in [6, 6.07) is 8.34. The third-order valence-electron chi connectivity index (χ3n) is 2.91. The summed E-state index contributed by atoms with van der Waals surface area (Å²) in [6.45, 7) is 8.42. The summed E-state index contributed by atoms with van der Waals surface area (Å²) >= 11 is 0. The normalized spacial score (nSPS) is 24.5. The second-order valence-corrected chi connectivity index (χ2v) is 5.27. The summed E-state index contributed by atoms with van der Waals surface area (Å²) < 4.78 is 11.8. The van der Waals surface area contributed by atoms with E-state index in [1.165, 1.54) is 5.56 Å². The van der Waals surface area contributed by atoms with Crippen LogP contribution in [0.2, 0.25) is 0 Å². The highest BCUT2D eigenvalue weighted by molar-refractivity contribution is 6.61. The van der Waals surface area contributed by atoms with Gasteiger partial charge in [-0.3, -0.25) is 0 Å². The topological polar surface area (TPSA) is 18.5 Å². The Labute approximate surface area is 98.1 Å². The van der Waals surface area contributed by atoms with Gasteiger partial charge in [-0.1, -0.05) is 29.8 Å². The van der Waals surface area contributed by atoms with Gasteiger partial charge in [-0.15, -0.1) is 0 Å². The molecule has 0 aromatic heterocycles. The molecule has 0 amide bonds. The van der Waals surface area contributed by atoms with Crippen molar-refractivity contribution in [3.63, 3.8) is 0 Å². The Bertz CT molecular complexity index is 359. The van der Waals surface area contributed by atoms with Gasteiger partial charge < -0.3 is 9.31 Å². The minimum Gasteiger partial charge on any atom is -0.405 e. The number of hydrogen-bond acceptors (Lipinski definition) is 2. The molecule has 0 radical (unpaired) electrons. The van der Waals surface area contributed by atoms with Crippen molar-refractivity contribution in [3.8, 4) is 0 Å². The number of aryl methyl sites for hydroxylation is 1. The van der Waals surface area contributed by atoms with E-state index in [0.717, 1.165) is 11.9 Å². The van der Waals surface area contributed by atoms with E-state index in [0.29, 0.717) is 0 Å². The first-order valence-corrected chi connectivity index (χ1v) is 5.86. The molecule has 16 heavy (non-hydrogen) atoms. The van der Waals surface area contributed by atoms with Crippen LogP contribution in [0.25, 0.3) is 0 Å². The predicted molar refractivity (Wildman–Crippen MR) is 66.9 cm³/mol. The molecule has 1 aliphatic rings. The highest BCUT2D eigenvalue weighted by Gasteiger charge is 2.37. The monoisotopic (exact) mass is 218 g/mol. The summed E-state index contributed by atoms with van der Waals surface area (Å²) in [6.07, 6.45) is 1.19. The molecule has 1 atom stereocenters. The quantitative estimate of drug-likeness (QED) is 0.673. The van der Waals surface area contributed by atoms with Gasteiger partial charge in [0.1, 0.15) is 0 Å². The highest BCUT2D eigenvalue weighted by atomic mass is 16.6. The Hall–Kier alpha value is -0.795. The van der Waals surface area contributed by atoms with Crippen LogP contribution in [0.5, 0.6) is 0 Å². The van der Waals surface area contributed by atoms with Gasteiger partial charge >= 0.3 is 7.12 Å². The third-order valence-corrected chi connectivity index (χ3v) is 2.91. The summed E-state index contributed by atoms with van der Waals surface area (Å²) in [5.74, 6) is 0. The van der Waals surface area contributed by atoms with E-state index in [2.05, 4.69) is 52.0 Å². The molecule has 0 saturated carbocycles. The molecule has 2 nitrogen and oxygen atoms in total. The molecule has 0 unspecified atom stereocenters. The number of rotatable bonds is 1. The van der Waals surface area contributed by atoms with E-state index in [4.69, 9.17) is 9.31 Å². The first-order valence-electron chi connectivity index (χ1n) is 5.86. The first-order chi connectivity index (χ1) is 7.46. The lowest BCUT2D eigenvalue weighted by atomic mass is 9.75. The average molecular weight is 218 g/mol. The summed E-state index contributed by atoms with van der Waals surface area (Å²) in [5.41, 5.74) is 2.25. The molecule has 1 aliphatic heterocycles. The minimum atomic E-state index is -0.223. The van der Waals surface area contributed by atoms with Crippen molar-refractivity contribution in [2.75, 3.05) is 0 Å². The van der Waals surface area contributed by atoms with Gasteiger partial charge in [0.15, 0.2) is 0 Å². The van der Waals surface area contributed by atoms with Gasteiger partial charge in [-0.05, 0) is 39.6 Å². The Kier molecular flexibility index (Phi) is 3.09. The molecule has 1 saturated heterocycles. The Balaban J connectivity index is 2.17. The van der Waals surface area contributed by atoms with Gasteiger partial charge in [0.2, 0.25) is 0 Å². The van der Waals surface area contributed by atoms with Gasteiger partial charge in [0.05, 0.1) is 5.60 Å². The van der Waals surface area contributed by atoms with E-state index >= 15 is 0 Å². The fraction of sp³-hybridized carbons (Fsp3) is 0.538. The molecule has 0 spiro atoms. The molecule has 1 heterocycles. The molecule has 1 fully saturated rings. The van der Waals surface area contributed by atoms with E-state index in [1.54, 1.807) is 0 Å². The largest absolute Gasteiger partial charge is 0.494 e. The van der Waals surface area contributed by atoms with Gasteiger partial charge in [-0.2, -0.15) is 0 Å². The Morgan fingerprint density at radius 1 is 1.25 bits per heavy atom. The second-order valence-electron chi connectivity index (χ2n) is 5.27. The van der Waals surface area contributed by atoms with Crippen LogP contribution in [0.1, 0.15) is 32.8 Å². The fourth-order valence-electron chi connectivity index (χ4n) is 2.19. The molecule has 1 aromatic rings. The maximum absolute atomic E-state index is 5.95. The van der Waals surface area contributed by atoms with Crippen molar-refractivity contribution in [1.82, 2.24) is 0 Å². The van der Waals surface area contributed by atoms with Crippen molar-refractivity contribution in [2.45, 2.75) is 45.8 Å². The zero-order valence-corrected chi connectivity index (χ0v) is 10.5. The van der Waals surface area contributed by atoms with Crippen LogP contribution < -0.4 is 5.46 Å². The molecule has 86 valence electrons. The van der Waals surface area contributed by atoms with E-state index in [9.17, 15) is 0 Å². The van der Waals surface area contributed by atoms with Crippen LogP contribution in [0.15, 0.2) is 24.3 Å². The van der Waals surface area contributed by atoms with Crippen molar-refractivity contribution in [1.29, 1.82) is 0 Å². The van der Waals surface area contributed by atoms with Crippen molar-refractivity contribution >= 4 is 12.6 Å². The lowest BCUT2D eigenvalue weighted by molar-refractivity contribution is -0.0229. The molecule has 0 aliphatic carbocycles. The predicted octanol–water partition coefficient (Wildman–Crippen LogP) is 2.29.